The monoisotopic (exact) mass is 236 g/mol. The smallest absolute Gasteiger partial charge is 0.0146 e. The van der Waals surface area contributed by atoms with Gasteiger partial charge in [-0.1, -0.05) is 36.6 Å². The lowest BCUT2D eigenvalue weighted by Crippen LogP contribution is -2.20. The van der Waals surface area contributed by atoms with E-state index in [-0.39, 0.29) is 0 Å². The third-order valence-corrected chi connectivity index (χ3v) is 5.14. The quantitative estimate of drug-likeness (QED) is 0.624. The molecule has 0 nitrogen and oxygen atoms in total. The van der Waals surface area contributed by atoms with Gasteiger partial charge in [0.05, 0.1) is 0 Å². The second-order valence-corrected chi connectivity index (χ2v) is 6.90. The fourth-order valence-corrected chi connectivity index (χ4v) is 4.11. The zero-order chi connectivity index (χ0) is 11.6. The van der Waals surface area contributed by atoms with Crippen molar-refractivity contribution in [3.63, 3.8) is 0 Å². The lowest BCUT2D eigenvalue weighted by molar-refractivity contribution is 0.354. The van der Waals surface area contributed by atoms with Crippen LogP contribution in [-0.4, -0.2) is 11.5 Å². The van der Waals surface area contributed by atoms with Crippen LogP contribution in [0.3, 0.4) is 0 Å². The summed E-state index contributed by atoms with van der Waals surface area (Å²) in [5, 5.41) is 0. The Labute approximate surface area is 105 Å². The maximum atomic E-state index is 2.44. The van der Waals surface area contributed by atoms with E-state index >= 15 is 0 Å². The summed E-state index contributed by atoms with van der Waals surface area (Å²) in [5.41, 5.74) is 5.60. The van der Waals surface area contributed by atoms with Crippen LogP contribution in [0.4, 0.5) is 0 Å². The molecule has 16 heavy (non-hydrogen) atoms. The molecule has 1 heteroatoms. The van der Waals surface area contributed by atoms with Gasteiger partial charge in [-0.2, -0.15) is 11.8 Å². The number of rotatable bonds is 3. The molecule has 0 unspecified atom stereocenters. The molecule has 0 atom stereocenters. The van der Waals surface area contributed by atoms with Gasteiger partial charge in [-0.3, -0.25) is 0 Å². The predicted octanol–water partition coefficient (Wildman–Crippen LogP) is 4.97. The second-order valence-electron chi connectivity index (χ2n) is 5.87. The molecule has 1 heterocycles. The Morgan fingerprint density at radius 2 is 2.12 bits per heavy atom. The van der Waals surface area contributed by atoms with Gasteiger partial charge in [-0.15, -0.1) is 0 Å². The normalized spacial score (nSPS) is 24.8. The Bertz CT molecular complexity index is 320. The van der Waals surface area contributed by atoms with Crippen molar-refractivity contribution in [2.75, 3.05) is 11.5 Å². The highest BCUT2D eigenvalue weighted by atomic mass is 32.2. The van der Waals surface area contributed by atoms with Crippen LogP contribution in [-0.2, 0) is 0 Å². The summed E-state index contributed by atoms with van der Waals surface area (Å²) in [6, 6.07) is 0. The summed E-state index contributed by atoms with van der Waals surface area (Å²) in [6.07, 6.45) is 9.17. The van der Waals surface area contributed by atoms with E-state index in [0.717, 1.165) is 0 Å². The van der Waals surface area contributed by atoms with Crippen molar-refractivity contribution in [3.8, 4) is 0 Å². The standard InChI is InChI=1S/C15H24S/c1-12-5-4-9-15(2,3)14(12)7-6-13-8-10-16-11-13/h8H,4-7,9-11H2,1-3H3. The number of hydrogen-bond donors (Lipinski definition) is 0. The van der Waals surface area contributed by atoms with Gasteiger partial charge in [0.25, 0.3) is 0 Å². The van der Waals surface area contributed by atoms with E-state index in [2.05, 4.69) is 38.6 Å². The van der Waals surface area contributed by atoms with Crippen LogP contribution in [0.5, 0.6) is 0 Å². The molecular weight excluding hydrogens is 212 g/mol. The molecule has 0 aromatic rings. The zero-order valence-electron chi connectivity index (χ0n) is 10.9. The number of thioether (sulfide) groups is 1. The van der Waals surface area contributed by atoms with E-state index < -0.39 is 0 Å². The fourth-order valence-electron chi connectivity index (χ4n) is 3.11. The van der Waals surface area contributed by atoms with Crippen LogP contribution in [0.25, 0.3) is 0 Å². The second kappa shape index (κ2) is 5.00. The Morgan fingerprint density at radius 3 is 2.75 bits per heavy atom. The van der Waals surface area contributed by atoms with Crippen molar-refractivity contribution in [1.29, 1.82) is 0 Å². The molecule has 0 N–H and O–H groups in total. The van der Waals surface area contributed by atoms with Crippen molar-refractivity contribution in [2.45, 2.75) is 52.9 Å². The van der Waals surface area contributed by atoms with Crippen LogP contribution in [0.1, 0.15) is 52.9 Å². The highest BCUT2D eigenvalue weighted by Gasteiger charge is 2.27. The third-order valence-electron chi connectivity index (χ3n) is 4.16. The summed E-state index contributed by atoms with van der Waals surface area (Å²) >= 11 is 2.06. The highest BCUT2D eigenvalue weighted by molar-refractivity contribution is 7.99. The van der Waals surface area contributed by atoms with Crippen molar-refractivity contribution in [2.24, 2.45) is 5.41 Å². The van der Waals surface area contributed by atoms with Crippen LogP contribution in [0, 0.1) is 5.41 Å². The molecule has 1 aliphatic carbocycles. The van der Waals surface area contributed by atoms with E-state index in [0.29, 0.717) is 5.41 Å². The summed E-state index contributed by atoms with van der Waals surface area (Å²) in [6.45, 7) is 7.22. The molecule has 0 fully saturated rings. The average molecular weight is 236 g/mol. The molecule has 0 amide bonds. The van der Waals surface area contributed by atoms with Gasteiger partial charge in [0.15, 0.2) is 0 Å². The molecule has 0 aromatic carbocycles. The molecule has 2 rings (SSSR count). The topological polar surface area (TPSA) is 0 Å². The van der Waals surface area contributed by atoms with E-state index in [1.165, 1.54) is 43.6 Å². The Hall–Kier alpha value is -0.170. The van der Waals surface area contributed by atoms with Crippen molar-refractivity contribution >= 4 is 11.8 Å². The van der Waals surface area contributed by atoms with Crippen LogP contribution in [0.15, 0.2) is 22.8 Å². The lowest BCUT2D eigenvalue weighted by Gasteiger charge is -2.35. The minimum Gasteiger partial charge on any atom is -0.153 e. The molecule has 0 spiro atoms. The van der Waals surface area contributed by atoms with Crippen molar-refractivity contribution < 1.29 is 0 Å². The summed E-state index contributed by atoms with van der Waals surface area (Å²) < 4.78 is 0. The van der Waals surface area contributed by atoms with E-state index in [9.17, 15) is 0 Å². The van der Waals surface area contributed by atoms with Gasteiger partial charge in [-0.05, 0) is 44.4 Å². The largest absolute Gasteiger partial charge is 0.153 e. The third kappa shape index (κ3) is 2.74. The summed E-state index contributed by atoms with van der Waals surface area (Å²) in [7, 11) is 0. The van der Waals surface area contributed by atoms with E-state index in [1.807, 2.05) is 0 Å². The van der Waals surface area contributed by atoms with Crippen LogP contribution in [0.2, 0.25) is 0 Å². The fraction of sp³-hybridized carbons (Fsp3) is 0.733. The Morgan fingerprint density at radius 1 is 1.31 bits per heavy atom. The van der Waals surface area contributed by atoms with E-state index in [4.69, 9.17) is 0 Å². The SMILES string of the molecule is CC1=C(CCC2=CCSC2)C(C)(C)CCC1. The molecular formula is C15H24S. The molecule has 2 aliphatic rings. The Kier molecular flexibility index (Phi) is 3.84. The Balaban J connectivity index is 2.01. The predicted molar refractivity (Wildman–Crippen MR) is 75.0 cm³/mol. The first-order valence-corrected chi connectivity index (χ1v) is 7.70. The van der Waals surface area contributed by atoms with Gasteiger partial charge in [0.2, 0.25) is 0 Å². The van der Waals surface area contributed by atoms with Gasteiger partial charge >= 0.3 is 0 Å². The van der Waals surface area contributed by atoms with Crippen molar-refractivity contribution in [3.05, 3.63) is 22.8 Å². The van der Waals surface area contributed by atoms with Gasteiger partial charge in [0.1, 0.15) is 0 Å². The minimum absolute atomic E-state index is 0.467. The first-order valence-electron chi connectivity index (χ1n) is 6.54. The molecule has 0 saturated carbocycles. The zero-order valence-corrected chi connectivity index (χ0v) is 11.8. The average Bonchev–Trinajstić information content (AvgIpc) is 2.68. The summed E-state index contributed by atoms with van der Waals surface area (Å²) in [4.78, 5) is 0. The number of hydrogen-bond acceptors (Lipinski definition) is 1. The molecule has 1 aliphatic heterocycles. The first-order chi connectivity index (χ1) is 7.59. The van der Waals surface area contributed by atoms with E-state index in [1.54, 1.807) is 16.7 Å². The minimum atomic E-state index is 0.467. The van der Waals surface area contributed by atoms with Crippen LogP contribution >= 0.6 is 11.8 Å². The van der Waals surface area contributed by atoms with Gasteiger partial charge in [0, 0.05) is 11.5 Å². The number of allylic oxidation sites excluding steroid dienone is 2. The highest BCUT2D eigenvalue weighted by Crippen LogP contribution is 2.42. The van der Waals surface area contributed by atoms with Gasteiger partial charge in [-0.25, -0.2) is 0 Å². The molecule has 90 valence electrons. The summed E-state index contributed by atoms with van der Waals surface area (Å²) in [5.74, 6) is 2.53. The molecule has 0 bridgehead atoms. The molecule has 0 saturated heterocycles. The van der Waals surface area contributed by atoms with Crippen molar-refractivity contribution in [1.82, 2.24) is 0 Å². The van der Waals surface area contributed by atoms with Gasteiger partial charge < -0.3 is 0 Å². The maximum absolute atomic E-state index is 2.44. The first kappa shape index (κ1) is 12.3. The molecule has 0 aromatic heterocycles. The van der Waals surface area contributed by atoms with Crippen LogP contribution < -0.4 is 0 Å². The molecule has 0 radical (unpaired) electrons. The lowest BCUT2D eigenvalue weighted by atomic mass is 9.71. The maximum Gasteiger partial charge on any atom is 0.0146 e.